The van der Waals surface area contributed by atoms with Crippen molar-refractivity contribution >= 4 is 11.8 Å². The number of hydrogen-bond donors (Lipinski definition) is 0. The summed E-state index contributed by atoms with van der Waals surface area (Å²) >= 11 is 0. The molecule has 0 amide bonds. The minimum Gasteiger partial charge on any atom is -0.465 e. The van der Waals surface area contributed by atoms with Gasteiger partial charge < -0.3 is 9.64 Å². The molecule has 0 unspecified atom stereocenters. The standard InChI is InChI=1S/C38H61NO3/c1-26(2)27-14-19-38(33(41)42-25-11-10-24-39-22-8-9-23-39)21-20-36(6)28(32(27)38)12-13-30-35(5)17-16-31(40)34(3,4)29(35)15-18-37(30,36)7/h27-30,32H,1,8-25H2,2-7H3/t27-,28+,29-,30+,32+,35-,36+,37+,38-/m0/s1. The second-order valence-electron chi connectivity index (χ2n) is 17.4. The zero-order valence-electron chi connectivity index (χ0n) is 28.0. The van der Waals surface area contributed by atoms with Crippen molar-refractivity contribution in [1.82, 2.24) is 4.90 Å². The lowest BCUT2D eigenvalue weighted by Crippen LogP contribution is -2.66. The summed E-state index contributed by atoms with van der Waals surface area (Å²) in [5.41, 5.74) is 1.42. The summed E-state index contributed by atoms with van der Waals surface area (Å²) in [4.78, 5) is 29.8. The molecule has 0 bridgehead atoms. The van der Waals surface area contributed by atoms with E-state index >= 15 is 0 Å². The highest BCUT2D eigenvalue weighted by molar-refractivity contribution is 5.85. The minimum atomic E-state index is -0.327. The van der Waals surface area contributed by atoms with Crippen molar-refractivity contribution in [3.63, 3.8) is 0 Å². The predicted octanol–water partition coefficient (Wildman–Crippen LogP) is 8.63. The van der Waals surface area contributed by atoms with E-state index < -0.39 is 0 Å². The first-order valence-electron chi connectivity index (χ1n) is 17.9. The van der Waals surface area contributed by atoms with E-state index in [4.69, 9.17) is 4.74 Å². The van der Waals surface area contributed by atoms with E-state index in [2.05, 4.69) is 53.0 Å². The van der Waals surface area contributed by atoms with Crippen molar-refractivity contribution in [3.05, 3.63) is 12.2 Å². The van der Waals surface area contributed by atoms with Crippen molar-refractivity contribution < 1.29 is 14.3 Å². The Kier molecular flexibility index (Phi) is 7.88. The summed E-state index contributed by atoms with van der Waals surface area (Å²) in [5, 5.41) is 0. The molecule has 236 valence electrons. The molecule has 5 aliphatic carbocycles. The van der Waals surface area contributed by atoms with Crippen molar-refractivity contribution in [2.45, 2.75) is 131 Å². The van der Waals surface area contributed by atoms with Gasteiger partial charge in [0.15, 0.2) is 0 Å². The van der Waals surface area contributed by atoms with E-state index in [1.807, 2.05) is 0 Å². The van der Waals surface area contributed by atoms with Crippen LogP contribution in [0.4, 0.5) is 0 Å². The molecule has 9 atom stereocenters. The van der Waals surface area contributed by atoms with Crippen molar-refractivity contribution in [1.29, 1.82) is 0 Å². The summed E-state index contributed by atoms with van der Waals surface area (Å²) in [6.45, 7) is 23.3. The average Bonchev–Trinajstić information content (AvgIpc) is 3.60. The largest absolute Gasteiger partial charge is 0.465 e. The summed E-state index contributed by atoms with van der Waals surface area (Å²) in [6, 6.07) is 0. The van der Waals surface area contributed by atoms with E-state index in [0.29, 0.717) is 42.0 Å². The fourth-order valence-corrected chi connectivity index (χ4v) is 13.0. The van der Waals surface area contributed by atoms with E-state index in [-0.39, 0.29) is 33.0 Å². The van der Waals surface area contributed by atoms with Crippen LogP contribution in [-0.4, -0.2) is 42.9 Å². The molecule has 0 aromatic carbocycles. The molecule has 6 rings (SSSR count). The maximum atomic E-state index is 14.2. The molecule has 0 aromatic rings. The lowest BCUT2D eigenvalue weighted by molar-refractivity contribution is -0.236. The Balaban J connectivity index is 1.23. The van der Waals surface area contributed by atoms with Crippen LogP contribution in [0.1, 0.15) is 131 Å². The number of carbonyl (C=O) groups excluding carboxylic acids is 2. The first kappa shape index (κ1) is 30.8. The zero-order chi connectivity index (χ0) is 30.1. The van der Waals surface area contributed by atoms with Gasteiger partial charge in [0.2, 0.25) is 0 Å². The highest BCUT2D eigenvalue weighted by Crippen LogP contribution is 2.77. The lowest BCUT2D eigenvalue weighted by Gasteiger charge is -2.72. The summed E-state index contributed by atoms with van der Waals surface area (Å²) in [5.74, 6) is 3.07. The molecule has 5 saturated carbocycles. The van der Waals surface area contributed by atoms with Crippen molar-refractivity contribution in [2.24, 2.45) is 56.7 Å². The normalized spacial score (nSPS) is 46.3. The van der Waals surface area contributed by atoms with Gasteiger partial charge in [0.25, 0.3) is 0 Å². The zero-order valence-corrected chi connectivity index (χ0v) is 28.0. The molecule has 6 fully saturated rings. The van der Waals surface area contributed by atoms with Crippen LogP contribution in [0.3, 0.4) is 0 Å². The number of unbranched alkanes of at least 4 members (excludes halogenated alkanes) is 1. The van der Waals surface area contributed by atoms with Crippen molar-refractivity contribution in [2.75, 3.05) is 26.2 Å². The molecule has 0 spiro atoms. The maximum absolute atomic E-state index is 14.2. The maximum Gasteiger partial charge on any atom is 0.312 e. The topological polar surface area (TPSA) is 46.6 Å². The fourth-order valence-electron chi connectivity index (χ4n) is 13.0. The quantitative estimate of drug-likeness (QED) is 0.172. The van der Waals surface area contributed by atoms with E-state index in [1.54, 1.807) is 0 Å². The van der Waals surface area contributed by atoms with Gasteiger partial charge in [-0.3, -0.25) is 9.59 Å². The average molecular weight is 580 g/mol. The highest BCUT2D eigenvalue weighted by atomic mass is 16.5. The van der Waals surface area contributed by atoms with Gasteiger partial charge in [0, 0.05) is 11.8 Å². The van der Waals surface area contributed by atoms with Gasteiger partial charge in [-0.25, -0.2) is 0 Å². The molecule has 42 heavy (non-hydrogen) atoms. The predicted molar refractivity (Wildman–Crippen MR) is 170 cm³/mol. The third-order valence-corrected chi connectivity index (χ3v) is 15.5. The first-order valence-corrected chi connectivity index (χ1v) is 17.9. The number of fused-ring (bicyclic) bond motifs is 7. The second kappa shape index (κ2) is 10.7. The van der Waals surface area contributed by atoms with E-state index in [1.165, 1.54) is 57.2 Å². The summed E-state index contributed by atoms with van der Waals surface area (Å²) in [7, 11) is 0. The smallest absolute Gasteiger partial charge is 0.312 e. The molecule has 4 heteroatoms. The van der Waals surface area contributed by atoms with Gasteiger partial charge in [0.1, 0.15) is 5.78 Å². The van der Waals surface area contributed by atoms with Gasteiger partial charge >= 0.3 is 5.97 Å². The van der Waals surface area contributed by atoms with Gasteiger partial charge in [-0.15, -0.1) is 0 Å². The molecule has 0 aromatic heterocycles. The number of carbonyl (C=O) groups is 2. The molecule has 0 radical (unpaired) electrons. The number of hydrogen-bond acceptors (Lipinski definition) is 4. The molecule has 1 saturated heterocycles. The number of nitrogens with zero attached hydrogens (tertiary/aromatic N) is 1. The number of likely N-dealkylation sites (tertiary alicyclic amines) is 1. The second-order valence-corrected chi connectivity index (χ2v) is 17.4. The van der Waals surface area contributed by atoms with Crippen LogP contribution in [0.25, 0.3) is 0 Å². The lowest BCUT2D eigenvalue weighted by atomic mass is 9.32. The van der Waals surface area contributed by atoms with Crippen LogP contribution in [-0.2, 0) is 14.3 Å². The monoisotopic (exact) mass is 579 g/mol. The van der Waals surface area contributed by atoms with Gasteiger partial charge in [-0.2, -0.15) is 0 Å². The van der Waals surface area contributed by atoms with Gasteiger partial charge in [0.05, 0.1) is 12.0 Å². The molecule has 4 nitrogen and oxygen atoms in total. The summed E-state index contributed by atoms with van der Waals surface area (Å²) in [6.07, 6.45) is 15.6. The van der Waals surface area contributed by atoms with Crippen LogP contribution >= 0.6 is 0 Å². The SMILES string of the molecule is C=C(C)[C@@H]1CC[C@]2(C(=O)OCCCCN3CCCC3)CC[C@]3(C)[C@H](CC[C@@H]4[C@@]5(C)CCC(=O)C(C)(C)[C@@H]5CC[C@]43C)[C@@H]12. The highest BCUT2D eigenvalue weighted by Gasteiger charge is 2.72. The number of esters is 1. The number of Topliss-reactive ketones (excluding diaryl/α,β-unsaturated/α-hetero) is 1. The molecule has 1 aliphatic heterocycles. The number of rotatable bonds is 7. The number of ether oxygens (including phenoxy) is 1. The van der Waals surface area contributed by atoms with Crippen LogP contribution in [0.2, 0.25) is 0 Å². The fraction of sp³-hybridized carbons (Fsp3) is 0.895. The molecule has 6 aliphatic rings. The van der Waals surface area contributed by atoms with Gasteiger partial charge in [-0.1, -0.05) is 46.8 Å². The third kappa shape index (κ3) is 4.37. The number of allylic oxidation sites excluding steroid dienone is 1. The van der Waals surface area contributed by atoms with Crippen LogP contribution in [0.5, 0.6) is 0 Å². The number of ketones is 1. The Morgan fingerprint density at radius 2 is 1.62 bits per heavy atom. The molecular formula is C38H61NO3. The van der Waals surface area contributed by atoms with Crippen LogP contribution in [0, 0.1) is 56.7 Å². The molecular weight excluding hydrogens is 518 g/mol. The Bertz CT molecular complexity index is 1090. The minimum absolute atomic E-state index is 0.120. The van der Waals surface area contributed by atoms with Crippen LogP contribution in [0.15, 0.2) is 12.2 Å². The first-order chi connectivity index (χ1) is 19.8. The third-order valence-electron chi connectivity index (χ3n) is 15.5. The van der Waals surface area contributed by atoms with Crippen molar-refractivity contribution in [3.8, 4) is 0 Å². The Labute approximate surface area is 257 Å². The Morgan fingerprint density at radius 1 is 0.881 bits per heavy atom. The molecule has 0 N–H and O–H groups in total. The molecule has 1 heterocycles. The summed E-state index contributed by atoms with van der Waals surface area (Å²) < 4.78 is 6.22. The Morgan fingerprint density at radius 3 is 2.33 bits per heavy atom. The van der Waals surface area contributed by atoms with E-state index in [0.717, 1.165) is 57.9 Å². The Hall–Kier alpha value is -1.16. The van der Waals surface area contributed by atoms with Gasteiger partial charge in [-0.05, 0) is 156 Å². The van der Waals surface area contributed by atoms with Crippen LogP contribution < -0.4 is 0 Å². The van der Waals surface area contributed by atoms with E-state index in [9.17, 15) is 9.59 Å².